The number of rotatable bonds is 3. The first-order valence-corrected chi connectivity index (χ1v) is 6.63. The van der Waals surface area contributed by atoms with Crippen LogP contribution in [0.3, 0.4) is 0 Å². The molecule has 0 aliphatic carbocycles. The molecular weight excluding hydrogens is 228 g/mol. The highest BCUT2D eigenvalue weighted by Gasteiger charge is 2.26. The minimum Gasteiger partial charge on any atom is -0.377 e. The lowest BCUT2D eigenvalue weighted by molar-refractivity contribution is 0.0980. The Hall–Kier alpha value is -1.07. The van der Waals surface area contributed by atoms with E-state index in [4.69, 9.17) is 10.5 Å². The summed E-state index contributed by atoms with van der Waals surface area (Å²) in [5, 5.41) is 4.55. The summed E-state index contributed by atoms with van der Waals surface area (Å²) in [6, 6.07) is 0.545. The van der Waals surface area contributed by atoms with Crippen LogP contribution in [0.5, 0.6) is 0 Å². The van der Waals surface area contributed by atoms with Crippen molar-refractivity contribution in [2.45, 2.75) is 39.3 Å². The minimum atomic E-state index is 0.156. The fourth-order valence-electron chi connectivity index (χ4n) is 2.65. The van der Waals surface area contributed by atoms with E-state index in [0.717, 1.165) is 31.9 Å². The van der Waals surface area contributed by atoms with Crippen molar-refractivity contribution >= 4 is 5.82 Å². The van der Waals surface area contributed by atoms with Crippen molar-refractivity contribution in [3.8, 4) is 0 Å². The monoisotopic (exact) mass is 252 g/mol. The van der Waals surface area contributed by atoms with Crippen LogP contribution in [0.15, 0.2) is 0 Å². The number of morpholine rings is 1. The summed E-state index contributed by atoms with van der Waals surface area (Å²) in [6.45, 7) is 8.78. The van der Waals surface area contributed by atoms with Crippen molar-refractivity contribution in [3.63, 3.8) is 0 Å². The fourth-order valence-corrected chi connectivity index (χ4v) is 2.65. The van der Waals surface area contributed by atoms with Gasteiger partial charge in [-0.15, -0.1) is 0 Å². The van der Waals surface area contributed by atoms with Crippen molar-refractivity contribution in [1.29, 1.82) is 0 Å². The number of hydrogen-bond acceptors (Lipinski definition) is 4. The first-order chi connectivity index (χ1) is 8.50. The second kappa shape index (κ2) is 5.28. The van der Waals surface area contributed by atoms with E-state index in [1.165, 1.54) is 11.4 Å². The minimum absolute atomic E-state index is 0.156. The molecule has 0 radical (unpaired) electrons. The molecule has 0 amide bonds. The third-order valence-corrected chi connectivity index (χ3v) is 3.48. The predicted molar refractivity (Wildman–Crippen MR) is 72.9 cm³/mol. The van der Waals surface area contributed by atoms with Crippen LogP contribution < -0.4 is 10.6 Å². The standard InChI is InChI=1S/C13H24N4O/c1-9(14)7-12-11(3)15-16(4)13(12)17-5-6-18-8-10(17)2/h9-10H,5-8,14H2,1-4H3. The van der Waals surface area contributed by atoms with Gasteiger partial charge in [-0.2, -0.15) is 5.10 Å². The maximum absolute atomic E-state index is 5.96. The number of ether oxygens (including phenoxy) is 1. The molecule has 5 heteroatoms. The van der Waals surface area contributed by atoms with Gasteiger partial charge >= 0.3 is 0 Å². The van der Waals surface area contributed by atoms with E-state index in [0.29, 0.717) is 6.04 Å². The summed E-state index contributed by atoms with van der Waals surface area (Å²) >= 11 is 0. The number of aromatic nitrogens is 2. The molecule has 2 rings (SSSR count). The van der Waals surface area contributed by atoms with E-state index in [1.807, 2.05) is 18.7 Å². The van der Waals surface area contributed by atoms with E-state index >= 15 is 0 Å². The Balaban J connectivity index is 2.35. The zero-order valence-electron chi connectivity index (χ0n) is 11.8. The van der Waals surface area contributed by atoms with E-state index in [1.54, 1.807) is 0 Å². The number of aryl methyl sites for hydroxylation is 2. The number of nitrogens with zero attached hydrogens (tertiary/aromatic N) is 3. The van der Waals surface area contributed by atoms with Crippen LogP contribution >= 0.6 is 0 Å². The molecule has 102 valence electrons. The van der Waals surface area contributed by atoms with Gasteiger partial charge in [0.15, 0.2) is 0 Å². The molecule has 0 spiro atoms. The van der Waals surface area contributed by atoms with Gasteiger partial charge in [0.05, 0.1) is 24.9 Å². The summed E-state index contributed by atoms with van der Waals surface area (Å²) < 4.78 is 7.49. The first kappa shape index (κ1) is 13.4. The Labute approximate surface area is 109 Å². The van der Waals surface area contributed by atoms with Gasteiger partial charge in [0.1, 0.15) is 5.82 Å². The Morgan fingerprint density at radius 3 is 2.89 bits per heavy atom. The fraction of sp³-hybridized carbons (Fsp3) is 0.769. The maximum atomic E-state index is 5.96. The van der Waals surface area contributed by atoms with Gasteiger partial charge in [-0.05, 0) is 27.2 Å². The molecule has 1 aliphatic rings. The first-order valence-electron chi connectivity index (χ1n) is 6.63. The van der Waals surface area contributed by atoms with Gasteiger partial charge in [0, 0.05) is 25.2 Å². The lowest BCUT2D eigenvalue weighted by Gasteiger charge is -2.35. The molecule has 2 heterocycles. The average Bonchev–Trinajstić information content (AvgIpc) is 2.55. The third-order valence-electron chi connectivity index (χ3n) is 3.48. The molecule has 1 saturated heterocycles. The van der Waals surface area contributed by atoms with Crippen molar-refractivity contribution in [2.24, 2.45) is 12.8 Å². The molecule has 1 fully saturated rings. The Morgan fingerprint density at radius 1 is 1.56 bits per heavy atom. The molecule has 2 N–H and O–H groups in total. The van der Waals surface area contributed by atoms with Crippen LogP contribution in [0, 0.1) is 6.92 Å². The molecular formula is C13H24N4O. The smallest absolute Gasteiger partial charge is 0.130 e. The highest BCUT2D eigenvalue weighted by molar-refractivity contribution is 5.51. The molecule has 2 atom stereocenters. The summed E-state index contributed by atoms with van der Waals surface area (Å²) in [7, 11) is 2.01. The van der Waals surface area contributed by atoms with E-state index in [2.05, 4.69) is 23.8 Å². The summed E-state index contributed by atoms with van der Waals surface area (Å²) in [6.07, 6.45) is 0.874. The largest absolute Gasteiger partial charge is 0.377 e. The van der Waals surface area contributed by atoms with Crippen LogP contribution in [0.25, 0.3) is 0 Å². The summed E-state index contributed by atoms with van der Waals surface area (Å²) in [5.74, 6) is 1.21. The third kappa shape index (κ3) is 2.52. The van der Waals surface area contributed by atoms with Crippen molar-refractivity contribution in [1.82, 2.24) is 9.78 Å². The summed E-state index contributed by atoms with van der Waals surface area (Å²) in [5.41, 5.74) is 8.32. The Morgan fingerprint density at radius 2 is 2.28 bits per heavy atom. The summed E-state index contributed by atoms with van der Waals surface area (Å²) in [4.78, 5) is 2.39. The van der Waals surface area contributed by atoms with E-state index < -0.39 is 0 Å². The van der Waals surface area contributed by atoms with Gasteiger partial charge in [0.25, 0.3) is 0 Å². The van der Waals surface area contributed by atoms with Crippen molar-refractivity contribution in [2.75, 3.05) is 24.7 Å². The molecule has 0 saturated carbocycles. The van der Waals surface area contributed by atoms with E-state index in [-0.39, 0.29) is 6.04 Å². The topological polar surface area (TPSA) is 56.3 Å². The zero-order valence-corrected chi connectivity index (χ0v) is 11.8. The van der Waals surface area contributed by atoms with Gasteiger partial charge in [0.2, 0.25) is 0 Å². The molecule has 0 aromatic carbocycles. The molecule has 18 heavy (non-hydrogen) atoms. The Kier molecular flexibility index (Phi) is 3.92. The van der Waals surface area contributed by atoms with Gasteiger partial charge in [-0.25, -0.2) is 0 Å². The van der Waals surface area contributed by atoms with Gasteiger partial charge < -0.3 is 15.4 Å². The SMILES string of the molecule is Cc1nn(C)c(N2CCOCC2C)c1CC(C)N. The predicted octanol–water partition coefficient (Wildman–Crippen LogP) is 0.843. The van der Waals surface area contributed by atoms with Gasteiger partial charge in [-0.3, -0.25) is 4.68 Å². The van der Waals surface area contributed by atoms with E-state index in [9.17, 15) is 0 Å². The van der Waals surface area contributed by atoms with Crippen LogP contribution in [0.2, 0.25) is 0 Å². The van der Waals surface area contributed by atoms with Crippen LogP contribution in [0.1, 0.15) is 25.1 Å². The molecule has 1 aliphatic heterocycles. The second-order valence-electron chi connectivity index (χ2n) is 5.31. The normalized spacial score (nSPS) is 22.3. The highest BCUT2D eigenvalue weighted by Crippen LogP contribution is 2.27. The molecule has 2 unspecified atom stereocenters. The van der Waals surface area contributed by atoms with Crippen LogP contribution in [0.4, 0.5) is 5.82 Å². The maximum Gasteiger partial charge on any atom is 0.130 e. The number of hydrogen-bond donors (Lipinski definition) is 1. The number of anilines is 1. The highest BCUT2D eigenvalue weighted by atomic mass is 16.5. The molecule has 5 nitrogen and oxygen atoms in total. The lowest BCUT2D eigenvalue weighted by Crippen LogP contribution is -2.45. The van der Waals surface area contributed by atoms with Crippen LogP contribution in [-0.4, -0.2) is 41.6 Å². The molecule has 1 aromatic heterocycles. The van der Waals surface area contributed by atoms with Crippen LogP contribution in [-0.2, 0) is 18.2 Å². The average molecular weight is 252 g/mol. The van der Waals surface area contributed by atoms with Crippen molar-refractivity contribution < 1.29 is 4.74 Å². The zero-order chi connectivity index (χ0) is 13.3. The second-order valence-corrected chi connectivity index (χ2v) is 5.31. The molecule has 1 aromatic rings. The lowest BCUT2D eigenvalue weighted by atomic mass is 10.1. The Bertz CT molecular complexity index is 413. The molecule has 0 bridgehead atoms. The number of nitrogens with two attached hydrogens (primary N) is 1. The quantitative estimate of drug-likeness (QED) is 0.866. The van der Waals surface area contributed by atoms with Crippen molar-refractivity contribution in [3.05, 3.63) is 11.3 Å². The van der Waals surface area contributed by atoms with Gasteiger partial charge in [-0.1, -0.05) is 0 Å².